The van der Waals surface area contributed by atoms with E-state index in [0.717, 1.165) is 55.1 Å². The number of hydrogen-bond acceptors (Lipinski definition) is 6. The molecule has 0 bridgehead atoms. The molecule has 0 radical (unpaired) electrons. The van der Waals surface area contributed by atoms with Crippen LogP contribution in [-0.2, 0) is 4.79 Å². The quantitative estimate of drug-likeness (QED) is 0.763. The van der Waals surface area contributed by atoms with Gasteiger partial charge in [0, 0.05) is 26.1 Å². The predicted molar refractivity (Wildman–Crippen MR) is 118 cm³/mol. The topological polar surface area (TPSA) is 74.2 Å². The number of aromatic nitrogens is 3. The maximum Gasteiger partial charge on any atom is 0.229 e. The molecule has 2 aromatic rings. The summed E-state index contributed by atoms with van der Waals surface area (Å²) >= 11 is 6.48. The molecule has 30 heavy (non-hydrogen) atoms. The van der Waals surface area contributed by atoms with Gasteiger partial charge >= 0.3 is 0 Å². The van der Waals surface area contributed by atoms with Crippen molar-refractivity contribution in [2.24, 2.45) is 11.8 Å². The van der Waals surface area contributed by atoms with Crippen LogP contribution in [0.1, 0.15) is 44.9 Å². The van der Waals surface area contributed by atoms with E-state index < -0.39 is 0 Å². The maximum absolute atomic E-state index is 12.0. The van der Waals surface area contributed by atoms with Gasteiger partial charge in [0.2, 0.25) is 11.9 Å². The van der Waals surface area contributed by atoms with Crippen molar-refractivity contribution < 1.29 is 4.79 Å². The van der Waals surface area contributed by atoms with Crippen LogP contribution in [-0.4, -0.2) is 40.5 Å². The highest BCUT2D eigenvalue weighted by Gasteiger charge is 2.32. The Balaban J connectivity index is 1.33. The first-order valence-electron chi connectivity index (χ1n) is 11.0. The van der Waals surface area contributed by atoms with E-state index in [1.54, 1.807) is 23.5 Å². The molecule has 2 aromatic heterocycles. The summed E-state index contributed by atoms with van der Waals surface area (Å²) in [5, 5.41) is 3.82. The lowest BCUT2D eigenvalue weighted by atomic mass is 9.73. The number of nitrogens with one attached hydrogen (secondary N) is 1. The molecule has 1 amide bonds. The summed E-state index contributed by atoms with van der Waals surface area (Å²) in [5.41, 5.74) is 1.56. The van der Waals surface area contributed by atoms with Crippen molar-refractivity contribution >= 4 is 40.6 Å². The summed E-state index contributed by atoms with van der Waals surface area (Å²) < 4.78 is 0. The molecule has 2 saturated heterocycles. The van der Waals surface area contributed by atoms with E-state index in [2.05, 4.69) is 20.2 Å². The second kappa shape index (κ2) is 8.38. The van der Waals surface area contributed by atoms with E-state index in [1.807, 2.05) is 6.07 Å². The molecule has 1 atom stereocenters. The molecule has 0 spiro atoms. The maximum atomic E-state index is 12.0. The predicted octanol–water partition coefficient (Wildman–Crippen LogP) is 4.41. The Kier molecular flexibility index (Phi) is 5.46. The van der Waals surface area contributed by atoms with Crippen LogP contribution in [0.15, 0.2) is 24.7 Å². The Morgan fingerprint density at radius 3 is 2.67 bits per heavy atom. The number of nitrogens with zero attached hydrogens (tertiary/aromatic N) is 5. The van der Waals surface area contributed by atoms with Gasteiger partial charge in [-0.15, -0.1) is 0 Å². The number of carbonyl (C=O) groups is 1. The third-order valence-corrected chi connectivity index (χ3v) is 6.93. The second-order valence-corrected chi connectivity index (χ2v) is 9.02. The van der Waals surface area contributed by atoms with Gasteiger partial charge in [-0.1, -0.05) is 30.9 Å². The normalized spacial score (nSPS) is 22.3. The minimum absolute atomic E-state index is 0.144. The largest absolute Gasteiger partial charge is 0.355 e. The van der Waals surface area contributed by atoms with E-state index in [1.165, 1.54) is 32.1 Å². The van der Waals surface area contributed by atoms with E-state index in [-0.39, 0.29) is 5.91 Å². The van der Waals surface area contributed by atoms with Gasteiger partial charge in [-0.25, -0.2) is 4.98 Å². The second-order valence-electron chi connectivity index (χ2n) is 8.61. The average Bonchev–Trinajstić information content (AvgIpc) is 3.15. The minimum atomic E-state index is 0.144. The lowest BCUT2D eigenvalue weighted by molar-refractivity contribution is -0.117. The molecule has 1 N–H and O–H groups in total. The Morgan fingerprint density at radius 1 is 1.03 bits per heavy atom. The first kappa shape index (κ1) is 19.5. The number of carbonyl (C=O) groups excluding carboxylic acids is 1. The van der Waals surface area contributed by atoms with Gasteiger partial charge in [-0.3, -0.25) is 9.78 Å². The molecule has 1 saturated carbocycles. The van der Waals surface area contributed by atoms with Crippen molar-refractivity contribution in [3.63, 3.8) is 0 Å². The summed E-state index contributed by atoms with van der Waals surface area (Å²) in [4.78, 5) is 29.5. The molecular formula is C22H27ClN6O. The Morgan fingerprint density at radius 2 is 1.90 bits per heavy atom. The fourth-order valence-corrected chi connectivity index (χ4v) is 5.04. The van der Waals surface area contributed by atoms with Crippen LogP contribution in [0.25, 0.3) is 0 Å². The van der Waals surface area contributed by atoms with Crippen molar-refractivity contribution in [2.75, 3.05) is 34.8 Å². The van der Waals surface area contributed by atoms with E-state index in [4.69, 9.17) is 16.6 Å². The highest BCUT2D eigenvalue weighted by Crippen LogP contribution is 2.39. The summed E-state index contributed by atoms with van der Waals surface area (Å²) in [5.74, 6) is 3.05. The zero-order valence-corrected chi connectivity index (χ0v) is 17.8. The molecule has 7 nitrogen and oxygen atoms in total. The minimum Gasteiger partial charge on any atom is -0.355 e. The number of hydrogen-bond donors (Lipinski definition) is 1. The van der Waals surface area contributed by atoms with Crippen LogP contribution >= 0.6 is 11.6 Å². The molecule has 5 rings (SSSR count). The summed E-state index contributed by atoms with van der Waals surface area (Å²) in [6.45, 7) is 2.74. The third-order valence-electron chi connectivity index (χ3n) is 6.66. The molecule has 3 fully saturated rings. The van der Waals surface area contributed by atoms with Gasteiger partial charge < -0.3 is 15.1 Å². The number of pyridine rings is 1. The van der Waals surface area contributed by atoms with Gasteiger partial charge in [0.1, 0.15) is 5.02 Å². The average molecular weight is 427 g/mol. The zero-order valence-electron chi connectivity index (χ0n) is 17.1. The fraction of sp³-hybridized carbons (Fsp3) is 0.545. The van der Waals surface area contributed by atoms with E-state index in [9.17, 15) is 4.79 Å². The molecular weight excluding hydrogens is 400 g/mol. The van der Waals surface area contributed by atoms with Gasteiger partial charge in [0.15, 0.2) is 5.82 Å². The molecule has 2 aliphatic heterocycles. The molecule has 3 aliphatic rings. The third kappa shape index (κ3) is 3.95. The number of piperidine rings is 1. The Bertz CT molecular complexity index is 934. The molecule has 0 aromatic carbocycles. The van der Waals surface area contributed by atoms with Crippen molar-refractivity contribution in [1.29, 1.82) is 0 Å². The summed E-state index contributed by atoms with van der Waals surface area (Å²) in [6, 6.07) is 1.92. The van der Waals surface area contributed by atoms with E-state index >= 15 is 0 Å². The first-order chi connectivity index (χ1) is 14.7. The van der Waals surface area contributed by atoms with Crippen LogP contribution in [0.2, 0.25) is 5.02 Å². The van der Waals surface area contributed by atoms with Crippen LogP contribution < -0.4 is 15.1 Å². The highest BCUT2D eigenvalue weighted by atomic mass is 35.5. The van der Waals surface area contributed by atoms with Crippen molar-refractivity contribution in [3.05, 3.63) is 29.7 Å². The Hall–Kier alpha value is -2.41. The van der Waals surface area contributed by atoms with Gasteiger partial charge in [-0.2, -0.15) is 4.98 Å². The van der Waals surface area contributed by atoms with Crippen LogP contribution in [0, 0.1) is 11.8 Å². The van der Waals surface area contributed by atoms with Crippen LogP contribution in [0.5, 0.6) is 0 Å². The molecule has 4 heterocycles. The summed E-state index contributed by atoms with van der Waals surface area (Å²) in [6.07, 6.45) is 13.2. The smallest absolute Gasteiger partial charge is 0.229 e. The molecule has 1 aliphatic carbocycles. The van der Waals surface area contributed by atoms with Crippen molar-refractivity contribution in [3.8, 4) is 0 Å². The van der Waals surface area contributed by atoms with Gasteiger partial charge in [-0.05, 0) is 37.2 Å². The lowest BCUT2D eigenvalue weighted by Gasteiger charge is -2.41. The summed E-state index contributed by atoms with van der Waals surface area (Å²) in [7, 11) is 0. The van der Waals surface area contributed by atoms with Gasteiger partial charge in [0.25, 0.3) is 0 Å². The monoisotopic (exact) mass is 426 g/mol. The van der Waals surface area contributed by atoms with Crippen LogP contribution in [0.4, 0.5) is 23.1 Å². The number of amides is 1. The molecule has 8 heteroatoms. The number of anilines is 4. The number of halogens is 1. The molecule has 158 valence electrons. The van der Waals surface area contributed by atoms with Crippen LogP contribution in [0.3, 0.4) is 0 Å². The first-order valence-corrected chi connectivity index (χ1v) is 11.3. The lowest BCUT2D eigenvalue weighted by Crippen LogP contribution is -2.40. The zero-order chi connectivity index (χ0) is 20.5. The van der Waals surface area contributed by atoms with E-state index in [0.29, 0.717) is 17.4 Å². The standard InChI is InChI=1S/C22H27ClN6O/c23-19-13-25-22(26-17-10-18(12-24-11-17)29-9-3-7-20(29)30)27-21(19)28-8-2-6-16(14-28)15-4-1-5-15/h10-13,15-16H,1-9,14H2,(H,25,26,27). The fourth-order valence-electron chi connectivity index (χ4n) is 4.83. The van der Waals surface area contributed by atoms with Crippen molar-refractivity contribution in [1.82, 2.24) is 15.0 Å². The van der Waals surface area contributed by atoms with Crippen molar-refractivity contribution in [2.45, 2.75) is 44.9 Å². The van der Waals surface area contributed by atoms with Gasteiger partial charge in [0.05, 0.1) is 30.0 Å². The molecule has 1 unspecified atom stereocenters. The Labute approximate surface area is 181 Å². The number of rotatable bonds is 5. The SMILES string of the molecule is O=C1CCCN1c1cncc(Nc2ncc(Cl)c(N3CCCC(C4CCC4)C3)n2)c1. The highest BCUT2D eigenvalue weighted by molar-refractivity contribution is 6.32.